The van der Waals surface area contributed by atoms with E-state index in [1.165, 1.54) is 0 Å². The molecule has 0 bridgehead atoms. The van der Waals surface area contributed by atoms with E-state index in [0.29, 0.717) is 17.3 Å². The first-order valence-electron chi connectivity index (χ1n) is 8.31. The fraction of sp³-hybridized carbons (Fsp3) is 0.300. The van der Waals surface area contributed by atoms with Crippen LogP contribution < -0.4 is 10.2 Å². The zero-order valence-corrected chi connectivity index (χ0v) is 15.4. The van der Waals surface area contributed by atoms with Crippen LogP contribution in [-0.4, -0.2) is 18.4 Å². The van der Waals surface area contributed by atoms with Crippen LogP contribution in [0, 0.1) is 26.7 Å². The summed E-state index contributed by atoms with van der Waals surface area (Å²) in [5, 5.41) is 3.52. The van der Waals surface area contributed by atoms with Gasteiger partial charge in [-0.2, -0.15) is 0 Å². The molecule has 1 N–H and O–H groups in total. The van der Waals surface area contributed by atoms with Gasteiger partial charge in [0.15, 0.2) is 0 Å². The second kappa shape index (κ2) is 6.89. The summed E-state index contributed by atoms with van der Waals surface area (Å²) in [5.74, 6) is -0.533. The number of nitrogens with one attached hydrogen (secondary N) is 1. The molecule has 1 saturated heterocycles. The molecule has 1 unspecified atom stereocenters. The van der Waals surface area contributed by atoms with E-state index in [4.69, 9.17) is 11.6 Å². The van der Waals surface area contributed by atoms with Gasteiger partial charge in [0.05, 0.1) is 5.92 Å². The monoisotopic (exact) mass is 356 g/mol. The van der Waals surface area contributed by atoms with Crippen molar-refractivity contribution in [1.29, 1.82) is 0 Å². The normalized spacial score (nSPS) is 17.0. The van der Waals surface area contributed by atoms with Crippen LogP contribution >= 0.6 is 11.6 Å². The van der Waals surface area contributed by atoms with E-state index < -0.39 is 0 Å². The molecule has 25 heavy (non-hydrogen) atoms. The summed E-state index contributed by atoms with van der Waals surface area (Å²) in [5.41, 5.74) is 4.61. The maximum atomic E-state index is 12.6. The first kappa shape index (κ1) is 17.5. The number of anilines is 2. The zero-order chi connectivity index (χ0) is 18.1. The Morgan fingerprint density at radius 3 is 2.60 bits per heavy atom. The molecule has 3 rings (SSSR count). The fourth-order valence-electron chi connectivity index (χ4n) is 3.12. The Kier molecular flexibility index (Phi) is 4.82. The minimum absolute atomic E-state index is 0.0170. The maximum Gasteiger partial charge on any atom is 0.229 e. The Hall–Kier alpha value is -2.33. The Labute approximate surface area is 152 Å². The molecule has 1 fully saturated rings. The third-order valence-electron chi connectivity index (χ3n) is 4.89. The number of carbonyl (C=O) groups is 2. The van der Waals surface area contributed by atoms with Crippen LogP contribution in [0.25, 0.3) is 0 Å². The molecule has 0 radical (unpaired) electrons. The van der Waals surface area contributed by atoms with Crippen molar-refractivity contribution in [3.8, 4) is 0 Å². The predicted molar refractivity (Wildman–Crippen MR) is 101 cm³/mol. The molecule has 2 amide bonds. The van der Waals surface area contributed by atoms with Gasteiger partial charge < -0.3 is 10.2 Å². The lowest BCUT2D eigenvalue weighted by atomic mass is 10.1. The maximum absolute atomic E-state index is 12.6. The average molecular weight is 357 g/mol. The second-order valence-corrected chi connectivity index (χ2v) is 6.93. The molecule has 1 atom stereocenters. The number of benzene rings is 2. The third kappa shape index (κ3) is 3.40. The molecule has 1 aliphatic heterocycles. The Bertz CT molecular complexity index is 848. The zero-order valence-electron chi connectivity index (χ0n) is 14.6. The van der Waals surface area contributed by atoms with Gasteiger partial charge in [-0.05, 0) is 55.7 Å². The summed E-state index contributed by atoms with van der Waals surface area (Å²) in [6.45, 7) is 6.28. The quantitative estimate of drug-likeness (QED) is 0.893. The van der Waals surface area contributed by atoms with Gasteiger partial charge >= 0.3 is 0 Å². The Balaban J connectivity index is 1.77. The number of hydrogen-bond acceptors (Lipinski definition) is 2. The van der Waals surface area contributed by atoms with E-state index in [9.17, 15) is 9.59 Å². The van der Waals surface area contributed by atoms with Gasteiger partial charge in [0, 0.05) is 29.4 Å². The standard InChI is InChI=1S/C20H21ClN2O2/c1-12-6-4-9-18(13(12)2)23-11-15(10-19(23)24)20(25)22-17-8-5-7-16(21)14(17)3/h4-9,15H,10-11H2,1-3H3,(H,22,25). The highest BCUT2D eigenvalue weighted by Crippen LogP contribution is 2.30. The Morgan fingerprint density at radius 1 is 1.12 bits per heavy atom. The molecule has 1 heterocycles. The number of halogens is 1. The summed E-state index contributed by atoms with van der Waals surface area (Å²) >= 11 is 6.10. The summed E-state index contributed by atoms with van der Waals surface area (Å²) in [6.07, 6.45) is 0.221. The van der Waals surface area contributed by atoms with Gasteiger partial charge in [0.2, 0.25) is 11.8 Å². The van der Waals surface area contributed by atoms with Crippen molar-refractivity contribution in [2.45, 2.75) is 27.2 Å². The average Bonchev–Trinajstić information content (AvgIpc) is 2.96. The summed E-state index contributed by atoms with van der Waals surface area (Å²) in [7, 11) is 0. The number of rotatable bonds is 3. The van der Waals surface area contributed by atoms with Gasteiger partial charge in [0.1, 0.15) is 0 Å². The Morgan fingerprint density at radius 2 is 1.84 bits per heavy atom. The van der Waals surface area contributed by atoms with Crippen LogP contribution in [-0.2, 0) is 9.59 Å². The predicted octanol–water partition coefficient (Wildman–Crippen LogP) is 4.26. The van der Waals surface area contributed by atoms with Gasteiger partial charge in [-0.15, -0.1) is 0 Å². The molecular weight excluding hydrogens is 336 g/mol. The number of hydrogen-bond donors (Lipinski definition) is 1. The van der Waals surface area contributed by atoms with Gasteiger partial charge in [-0.1, -0.05) is 29.8 Å². The number of carbonyl (C=O) groups excluding carboxylic acids is 2. The minimum atomic E-state index is -0.370. The van der Waals surface area contributed by atoms with Crippen molar-refractivity contribution in [1.82, 2.24) is 0 Å². The van der Waals surface area contributed by atoms with Gasteiger partial charge in [0.25, 0.3) is 0 Å². The van der Waals surface area contributed by atoms with E-state index in [-0.39, 0.29) is 24.2 Å². The van der Waals surface area contributed by atoms with Crippen molar-refractivity contribution in [3.63, 3.8) is 0 Å². The van der Waals surface area contributed by atoms with Gasteiger partial charge in [-0.3, -0.25) is 9.59 Å². The number of aryl methyl sites for hydroxylation is 1. The van der Waals surface area contributed by atoms with Crippen molar-refractivity contribution in [3.05, 3.63) is 58.1 Å². The molecule has 0 aromatic heterocycles. The summed E-state index contributed by atoms with van der Waals surface area (Å²) in [6, 6.07) is 11.3. The van der Waals surface area contributed by atoms with Crippen LogP contribution in [0.3, 0.4) is 0 Å². The van der Waals surface area contributed by atoms with Crippen LogP contribution in [0.5, 0.6) is 0 Å². The van der Waals surface area contributed by atoms with E-state index in [2.05, 4.69) is 5.32 Å². The molecular formula is C20H21ClN2O2. The molecule has 2 aromatic carbocycles. The van der Waals surface area contributed by atoms with Gasteiger partial charge in [-0.25, -0.2) is 0 Å². The highest BCUT2D eigenvalue weighted by atomic mass is 35.5. The lowest BCUT2D eigenvalue weighted by Crippen LogP contribution is -2.28. The molecule has 130 valence electrons. The van der Waals surface area contributed by atoms with Crippen molar-refractivity contribution < 1.29 is 9.59 Å². The van der Waals surface area contributed by atoms with Crippen LogP contribution in [0.2, 0.25) is 5.02 Å². The van der Waals surface area contributed by atoms with E-state index in [0.717, 1.165) is 22.4 Å². The number of amides is 2. The first-order chi connectivity index (χ1) is 11.9. The van der Waals surface area contributed by atoms with Crippen molar-refractivity contribution in [2.24, 2.45) is 5.92 Å². The van der Waals surface area contributed by atoms with Crippen LogP contribution in [0.4, 0.5) is 11.4 Å². The van der Waals surface area contributed by atoms with E-state index in [1.54, 1.807) is 17.0 Å². The highest BCUT2D eigenvalue weighted by molar-refractivity contribution is 6.31. The number of nitrogens with zero attached hydrogens (tertiary/aromatic N) is 1. The molecule has 0 saturated carbocycles. The van der Waals surface area contributed by atoms with Crippen LogP contribution in [0.15, 0.2) is 36.4 Å². The lowest BCUT2D eigenvalue weighted by molar-refractivity contribution is -0.122. The third-order valence-corrected chi connectivity index (χ3v) is 5.30. The fourth-order valence-corrected chi connectivity index (χ4v) is 3.30. The molecule has 4 nitrogen and oxygen atoms in total. The van der Waals surface area contributed by atoms with E-state index in [1.807, 2.05) is 45.0 Å². The summed E-state index contributed by atoms with van der Waals surface area (Å²) < 4.78 is 0. The largest absolute Gasteiger partial charge is 0.325 e. The first-order valence-corrected chi connectivity index (χ1v) is 8.69. The van der Waals surface area contributed by atoms with E-state index >= 15 is 0 Å². The molecule has 2 aromatic rings. The minimum Gasteiger partial charge on any atom is -0.325 e. The highest BCUT2D eigenvalue weighted by Gasteiger charge is 2.35. The lowest BCUT2D eigenvalue weighted by Gasteiger charge is -2.20. The topological polar surface area (TPSA) is 49.4 Å². The second-order valence-electron chi connectivity index (χ2n) is 6.53. The molecule has 0 spiro atoms. The van der Waals surface area contributed by atoms with Crippen LogP contribution in [0.1, 0.15) is 23.1 Å². The smallest absolute Gasteiger partial charge is 0.229 e. The van der Waals surface area contributed by atoms with Crippen molar-refractivity contribution >= 4 is 34.8 Å². The molecule has 1 aliphatic rings. The molecule has 5 heteroatoms. The van der Waals surface area contributed by atoms with Crippen molar-refractivity contribution in [2.75, 3.05) is 16.8 Å². The summed E-state index contributed by atoms with van der Waals surface area (Å²) in [4.78, 5) is 26.8. The SMILES string of the molecule is Cc1cccc(N2CC(C(=O)Nc3cccc(Cl)c3C)CC2=O)c1C. The molecule has 0 aliphatic carbocycles.